The van der Waals surface area contributed by atoms with Gasteiger partial charge < -0.3 is 9.88 Å². The van der Waals surface area contributed by atoms with E-state index in [1.807, 2.05) is 42.8 Å². The topological polar surface area (TPSA) is 85.6 Å². The number of amides is 1. The van der Waals surface area contributed by atoms with Crippen LogP contribution >= 0.6 is 11.6 Å². The van der Waals surface area contributed by atoms with Crippen molar-refractivity contribution < 1.29 is 4.79 Å². The van der Waals surface area contributed by atoms with E-state index in [0.29, 0.717) is 33.3 Å². The van der Waals surface area contributed by atoms with Crippen molar-refractivity contribution in [2.45, 2.75) is 13.5 Å². The van der Waals surface area contributed by atoms with Crippen molar-refractivity contribution in [3.05, 3.63) is 70.9 Å². The first-order valence-electron chi connectivity index (χ1n) is 8.66. The highest BCUT2D eigenvalue weighted by Crippen LogP contribution is 2.28. The van der Waals surface area contributed by atoms with Crippen LogP contribution in [0.5, 0.6) is 0 Å². The molecule has 0 radical (unpaired) electrons. The van der Waals surface area contributed by atoms with E-state index in [9.17, 15) is 4.79 Å². The Morgan fingerprint density at radius 1 is 1.14 bits per heavy atom. The summed E-state index contributed by atoms with van der Waals surface area (Å²) >= 11 is 6.30. The quantitative estimate of drug-likeness (QED) is 0.575. The minimum absolute atomic E-state index is 0.248. The molecule has 28 heavy (non-hydrogen) atoms. The highest BCUT2D eigenvalue weighted by atomic mass is 35.5. The maximum absolute atomic E-state index is 12.5. The number of benzene rings is 1. The molecule has 1 N–H and O–H groups in total. The van der Waals surface area contributed by atoms with Crippen molar-refractivity contribution in [3.63, 3.8) is 0 Å². The Bertz CT molecular complexity index is 1170. The molecule has 0 unspecified atom stereocenters. The molecule has 0 atom stereocenters. The van der Waals surface area contributed by atoms with Gasteiger partial charge in [-0.05, 0) is 25.1 Å². The second-order valence-electron chi connectivity index (χ2n) is 6.37. The molecule has 4 rings (SSSR count). The third kappa shape index (κ3) is 3.44. The van der Waals surface area contributed by atoms with Crippen molar-refractivity contribution in [2.24, 2.45) is 7.05 Å². The molecule has 0 aliphatic carbocycles. The predicted molar refractivity (Wildman–Crippen MR) is 107 cm³/mol. The van der Waals surface area contributed by atoms with Crippen molar-refractivity contribution >= 4 is 28.7 Å². The lowest BCUT2D eigenvalue weighted by Crippen LogP contribution is -2.23. The monoisotopic (exact) mass is 392 g/mol. The maximum Gasteiger partial charge on any atom is 0.253 e. The van der Waals surface area contributed by atoms with Gasteiger partial charge in [0.2, 0.25) is 0 Å². The lowest BCUT2D eigenvalue weighted by molar-refractivity contribution is 0.0950. The molecule has 7 nitrogen and oxygen atoms in total. The van der Waals surface area contributed by atoms with Gasteiger partial charge in [0.25, 0.3) is 5.91 Å². The maximum atomic E-state index is 12.5. The number of rotatable bonds is 4. The summed E-state index contributed by atoms with van der Waals surface area (Å²) in [6.45, 7) is 2.15. The van der Waals surface area contributed by atoms with Crippen molar-refractivity contribution in [1.82, 2.24) is 29.8 Å². The Kier molecular flexibility index (Phi) is 4.75. The number of aromatic nitrogens is 5. The van der Waals surface area contributed by atoms with Crippen molar-refractivity contribution in [1.29, 1.82) is 0 Å². The number of fused-ring (bicyclic) bond motifs is 1. The van der Waals surface area contributed by atoms with Crippen LogP contribution in [0.1, 0.15) is 21.7 Å². The van der Waals surface area contributed by atoms with Gasteiger partial charge in [0, 0.05) is 25.0 Å². The first-order chi connectivity index (χ1) is 13.5. The van der Waals surface area contributed by atoms with Crippen LogP contribution in [-0.2, 0) is 13.6 Å². The fraction of sp³-hybridized carbons (Fsp3) is 0.150. The largest absolute Gasteiger partial charge is 0.346 e. The molecule has 1 aromatic carbocycles. The van der Waals surface area contributed by atoms with Crippen LogP contribution < -0.4 is 5.32 Å². The number of hydrogen-bond donors (Lipinski definition) is 1. The second kappa shape index (κ2) is 7.36. The Hall–Kier alpha value is -3.32. The number of aryl methyl sites for hydroxylation is 2. The number of carbonyl (C=O) groups is 1. The minimum Gasteiger partial charge on any atom is -0.346 e. The molecule has 3 heterocycles. The predicted octanol–water partition coefficient (Wildman–Crippen LogP) is 3.32. The lowest BCUT2D eigenvalue weighted by Gasteiger charge is -2.05. The Morgan fingerprint density at radius 2 is 1.96 bits per heavy atom. The Morgan fingerprint density at radius 3 is 2.71 bits per heavy atom. The van der Waals surface area contributed by atoms with E-state index in [1.165, 1.54) is 6.20 Å². The van der Waals surface area contributed by atoms with Gasteiger partial charge in [0.05, 0.1) is 34.7 Å². The molecular weight excluding hydrogens is 376 g/mol. The number of imidazole rings is 1. The van der Waals surface area contributed by atoms with Gasteiger partial charge in [-0.25, -0.2) is 9.97 Å². The zero-order chi connectivity index (χ0) is 19.7. The molecule has 8 heteroatoms. The van der Waals surface area contributed by atoms with Crippen LogP contribution in [-0.4, -0.2) is 30.4 Å². The summed E-state index contributed by atoms with van der Waals surface area (Å²) in [5.41, 5.74) is 4.06. The summed E-state index contributed by atoms with van der Waals surface area (Å²) < 4.78 is 1.86. The third-order valence-corrected chi connectivity index (χ3v) is 4.68. The molecular formula is C20H17ClN6O. The number of hydrogen-bond acceptors (Lipinski definition) is 5. The number of halogens is 1. The number of carbonyl (C=O) groups excluding carboxylic acids is 1. The zero-order valence-corrected chi connectivity index (χ0v) is 16.1. The SMILES string of the molecule is Cc1cnc(CNC(=O)c2cnc3c(c2)nc(-c2ccccc2Cl)n3C)cn1. The van der Waals surface area contributed by atoms with E-state index in [2.05, 4.69) is 25.3 Å². The average molecular weight is 393 g/mol. The summed E-state index contributed by atoms with van der Waals surface area (Å²) in [5, 5.41) is 3.43. The number of pyridine rings is 1. The normalized spacial score (nSPS) is 11.0. The minimum atomic E-state index is -0.248. The molecule has 0 saturated heterocycles. The standard InChI is InChI=1S/C20H17ClN6O/c1-12-8-23-14(10-22-12)11-25-20(28)13-7-17-19(24-9-13)27(2)18(26-17)15-5-3-4-6-16(15)21/h3-10H,11H2,1-2H3,(H,25,28). The van der Waals surface area contributed by atoms with E-state index in [1.54, 1.807) is 18.5 Å². The van der Waals surface area contributed by atoms with E-state index >= 15 is 0 Å². The molecule has 0 spiro atoms. The van der Waals surface area contributed by atoms with Gasteiger partial charge in [-0.3, -0.25) is 14.8 Å². The first kappa shape index (κ1) is 18.1. The third-order valence-electron chi connectivity index (χ3n) is 4.35. The van der Waals surface area contributed by atoms with E-state index in [4.69, 9.17) is 11.6 Å². The lowest BCUT2D eigenvalue weighted by atomic mass is 10.2. The molecule has 0 fully saturated rings. The summed E-state index contributed by atoms with van der Waals surface area (Å²) in [6, 6.07) is 9.21. The van der Waals surface area contributed by atoms with Crippen molar-refractivity contribution in [2.75, 3.05) is 0 Å². The van der Waals surface area contributed by atoms with Crippen LogP contribution in [0.4, 0.5) is 0 Å². The van der Waals surface area contributed by atoms with Gasteiger partial charge in [0.1, 0.15) is 11.3 Å². The molecule has 3 aromatic heterocycles. The molecule has 0 aliphatic rings. The Labute approximate surface area is 166 Å². The molecule has 0 saturated carbocycles. The highest BCUT2D eigenvalue weighted by molar-refractivity contribution is 6.33. The fourth-order valence-corrected chi connectivity index (χ4v) is 3.09. The molecule has 0 aliphatic heterocycles. The number of nitrogens with zero attached hydrogens (tertiary/aromatic N) is 5. The van der Waals surface area contributed by atoms with E-state index in [0.717, 1.165) is 11.3 Å². The fourth-order valence-electron chi connectivity index (χ4n) is 2.87. The highest BCUT2D eigenvalue weighted by Gasteiger charge is 2.15. The van der Waals surface area contributed by atoms with E-state index in [-0.39, 0.29) is 12.5 Å². The zero-order valence-electron chi connectivity index (χ0n) is 15.3. The molecule has 4 aromatic rings. The summed E-state index contributed by atoms with van der Waals surface area (Å²) in [4.78, 5) is 29.9. The van der Waals surface area contributed by atoms with Crippen LogP contribution in [0.15, 0.2) is 48.9 Å². The van der Waals surface area contributed by atoms with Crippen LogP contribution in [0.25, 0.3) is 22.6 Å². The van der Waals surface area contributed by atoms with Gasteiger partial charge in [-0.2, -0.15) is 0 Å². The van der Waals surface area contributed by atoms with Crippen molar-refractivity contribution in [3.8, 4) is 11.4 Å². The van der Waals surface area contributed by atoms with Gasteiger partial charge in [-0.15, -0.1) is 0 Å². The second-order valence-corrected chi connectivity index (χ2v) is 6.78. The van der Waals surface area contributed by atoms with Gasteiger partial charge in [-0.1, -0.05) is 23.7 Å². The van der Waals surface area contributed by atoms with Crippen LogP contribution in [0.2, 0.25) is 5.02 Å². The molecule has 1 amide bonds. The summed E-state index contributed by atoms with van der Waals surface area (Å²) in [5.74, 6) is 0.447. The summed E-state index contributed by atoms with van der Waals surface area (Å²) in [6.07, 6.45) is 4.85. The van der Waals surface area contributed by atoms with Gasteiger partial charge >= 0.3 is 0 Å². The van der Waals surface area contributed by atoms with Crippen LogP contribution in [0, 0.1) is 6.92 Å². The van der Waals surface area contributed by atoms with E-state index < -0.39 is 0 Å². The smallest absolute Gasteiger partial charge is 0.253 e. The average Bonchev–Trinajstić information content (AvgIpc) is 3.03. The summed E-state index contributed by atoms with van der Waals surface area (Å²) in [7, 11) is 1.87. The number of nitrogens with one attached hydrogen (secondary N) is 1. The van der Waals surface area contributed by atoms with Gasteiger partial charge in [0.15, 0.2) is 5.65 Å². The molecule has 140 valence electrons. The Balaban J connectivity index is 1.60. The molecule has 0 bridgehead atoms. The first-order valence-corrected chi connectivity index (χ1v) is 9.04. The van der Waals surface area contributed by atoms with Crippen LogP contribution in [0.3, 0.4) is 0 Å².